The van der Waals surface area contributed by atoms with Crippen LogP contribution in [0.3, 0.4) is 0 Å². The van der Waals surface area contributed by atoms with Crippen molar-refractivity contribution in [2.45, 2.75) is 6.54 Å². The number of benzene rings is 1. The molecule has 1 fully saturated rings. The van der Waals surface area contributed by atoms with Gasteiger partial charge in [0.1, 0.15) is 10.1 Å². The third-order valence-corrected chi connectivity index (χ3v) is 5.09. The maximum absolute atomic E-state index is 12.4. The first kappa shape index (κ1) is 16.7. The van der Waals surface area contributed by atoms with E-state index in [-0.39, 0.29) is 18.4 Å². The molecule has 6 nitrogen and oxygen atoms in total. The van der Waals surface area contributed by atoms with Crippen LogP contribution in [0.5, 0.6) is 5.75 Å². The van der Waals surface area contributed by atoms with Crippen molar-refractivity contribution in [1.29, 1.82) is 0 Å². The van der Waals surface area contributed by atoms with Crippen molar-refractivity contribution in [1.82, 2.24) is 10.3 Å². The second-order valence-corrected chi connectivity index (χ2v) is 7.43. The molecular weight excluding hydrogens is 370 g/mol. The highest BCUT2D eigenvalue weighted by atomic mass is 32.2. The number of nitrogens with one attached hydrogen (secondary N) is 1. The van der Waals surface area contributed by atoms with Gasteiger partial charge in [-0.1, -0.05) is 36.1 Å². The van der Waals surface area contributed by atoms with E-state index in [1.807, 2.05) is 24.3 Å². The Balaban J connectivity index is 1.68. The molecule has 0 aliphatic carbocycles. The zero-order valence-electron chi connectivity index (χ0n) is 13.5. The highest BCUT2D eigenvalue weighted by Gasteiger charge is 2.27. The summed E-state index contributed by atoms with van der Waals surface area (Å²) >= 11 is 6.23. The molecule has 2 aliphatic rings. The number of thioether (sulfide) groups is 1. The van der Waals surface area contributed by atoms with E-state index in [1.165, 1.54) is 11.8 Å². The highest BCUT2D eigenvalue weighted by Crippen LogP contribution is 2.35. The predicted octanol–water partition coefficient (Wildman–Crippen LogP) is 2.50. The summed E-state index contributed by atoms with van der Waals surface area (Å²) in [6, 6.07) is 9.24. The quantitative estimate of drug-likeness (QED) is 0.649. The molecule has 4 rings (SSSR count). The number of thiocarbonyl (C=S) groups is 1. The van der Waals surface area contributed by atoms with Gasteiger partial charge in [0.15, 0.2) is 6.61 Å². The lowest BCUT2D eigenvalue weighted by Gasteiger charge is -2.29. The van der Waals surface area contributed by atoms with Crippen LogP contribution in [-0.4, -0.2) is 27.7 Å². The van der Waals surface area contributed by atoms with E-state index in [9.17, 15) is 9.59 Å². The zero-order chi connectivity index (χ0) is 18.1. The number of anilines is 1. The maximum atomic E-state index is 12.4. The minimum atomic E-state index is -0.211. The summed E-state index contributed by atoms with van der Waals surface area (Å²) in [7, 11) is 0. The second-order valence-electron chi connectivity index (χ2n) is 5.71. The largest absolute Gasteiger partial charge is 0.482 e. The number of fused-ring (bicyclic) bond motifs is 1. The van der Waals surface area contributed by atoms with Crippen LogP contribution in [-0.2, 0) is 16.1 Å². The van der Waals surface area contributed by atoms with E-state index in [4.69, 9.17) is 17.0 Å². The molecule has 0 bridgehead atoms. The molecule has 1 aromatic heterocycles. The van der Waals surface area contributed by atoms with E-state index in [2.05, 4.69) is 10.3 Å². The van der Waals surface area contributed by atoms with Crippen LogP contribution in [0.1, 0.15) is 11.1 Å². The van der Waals surface area contributed by atoms with E-state index in [1.54, 1.807) is 29.4 Å². The van der Waals surface area contributed by atoms with Crippen molar-refractivity contribution in [3.05, 3.63) is 58.8 Å². The molecule has 3 heterocycles. The number of rotatable bonds is 3. The number of hydrogen-bond acceptors (Lipinski definition) is 6. The molecule has 2 aromatic rings. The number of carbonyl (C=O) groups excluding carboxylic acids is 2. The van der Waals surface area contributed by atoms with Crippen molar-refractivity contribution in [2.24, 2.45) is 0 Å². The molecule has 0 atom stereocenters. The number of carbonyl (C=O) groups is 2. The molecule has 0 radical (unpaired) electrons. The third-order valence-electron chi connectivity index (χ3n) is 3.93. The first-order valence-corrected chi connectivity index (χ1v) is 9.03. The molecule has 0 spiro atoms. The number of hydrogen-bond donors (Lipinski definition) is 1. The van der Waals surface area contributed by atoms with E-state index >= 15 is 0 Å². The van der Waals surface area contributed by atoms with Crippen LogP contribution in [0.25, 0.3) is 6.08 Å². The summed E-state index contributed by atoms with van der Waals surface area (Å²) in [6.45, 7) is 0.405. The zero-order valence-corrected chi connectivity index (χ0v) is 15.1. The fraction of sp³-hybridized carbons (Fsp3) is 0.111. The Hall–Kier alpha value is -2.71. The van der Waals surface area contributed by atoms with Crippen LogP contribution in [0.2, 0.25) is 0 Å². The lowest BCUT2D eigenvalue weighted by Crippen LogP contribution is -2.38. The maximum Gasteiger partial charge on any atom is 0.265 e. The SMILES string of the molecule is O=C1NC(=S)S/C1=C/c1ccc2c(c1)N(Cc1cccnc1)C(=O)CO2. The Bertz CT molecular complexity index is 944. The van der Waals surface area contributed by atoms with E-state index < -0.39 is 0 Å². The summed E-state index contributed by atoms with van der Waals surface area (Å²) in [6.07, 6.45) is 5.17. The number of amides is 2. The summed E-state index contributed by atoms with van der Waals surface area (Å²) in [5.74, 6) is 0.298. The van der Waals surface area contributed by atoms with Gasteiger partial charge in [0.05, 0.1) is 17.1 Å². The van der Waals surface area contributed by atoms with Crippen molar-refractivity contribution in [3.63, 3.8) is 0 Å². The third kappa shape index (κ3) is 3.33. The Morgan fingerprint density at radius 1 is 1.35 bits per heavy atom. The molecule has 0 saturated carbocycles. The van der Waals surface area contributed by atoms with Gasteiger partial charge in [-0.15, -0.1) is 0 Å². The molecule has 2 amide bonds. The Labute approximate surface area is 159 Å². The summed E-state index contributed by atoms with van der Waals surface area (Å²) in [4.78, 5) is 30.5. The molecular formula is C18H13N3O3S2. The monoisotopic (exact) mass is 383 g/mol. The lowest BCUT2D eigenvalue weighted by molar-refractivity contribution is -0.121. The first-order valence-electron chi connectivity index (χ1n) is 7.81. The smallest absolute Gasteiger partial charge is 0.265 e. The Morgan fingerprint density at radius 3 is 2.96 bits per heavy atom. The summed E-state index contributed by atoms with van der Waals surface area (Å²) < 4.78 is 5.97. The van der Waals surface area contributed by atoms with Gasteiger partial charge < -0.3 is 15.0 Å². The van der Waals surface area contributed by atoms with Gasteiger partial charge in [0.2, 0.25) is 0 Å². The molecule has 2 aliphatic heterocycles. The minimum absolute atomic E-state index is 0.000224. The average molecular weight is 383 g/mol. The van der Waals surface area contributed by atoms with Gasteiger partial charge in [0, 0.05) is 12.4 Å². The van der Waals surface area contributed by atoms with Gasteiger partial charge in [-0.25, -0.2) is 0 Å². The molecule has 26 heavy (non-hydrogen) atoms. The van der Waals surface area contributed by atoms with Gasteiger partial charge >= 0.3 is 0 Å². The standard InChI is InChI=1S/C18H13N3O3S2/c22-16-10-24-14-4-3-11(7-15-17(23)20-18(25)26-15)6-13(14)21(16)9-12-2-1-5-19-8-12/h1-8H,9-10H2,(H,20,23,25)/b15-7+. The fourth-order valence-corrected chi connectivity index (χ4v) is 3.77. The van der Waals surface area contributed by atoms with E-state index in [0.29, 0.717) is 27.2 Å². The number of aromatic nitrogens is 1. The first-order chi connectivity index (χ1) is 12.6. The minimum Gasteiger partial charge on any atom is -0.482 e. The second kappa shape index (κ2) is 6.89. The topological polar surface area (TPSA) is 71.5 Å². The van der Waals surface area contributed by atoms with Crippen molar-refractivity contribution >= 4 is 51.9 Å². The van der Waals surface area contributed by atoms with Gasteiger partial charge in [-0.3, -0.25) is 14.6 Å². The van der Waals surface area contributed by atoms with Gasteiger partial charge in [-0.2, -0.15) is 0 Å². The highest BCUT2D eigenvalue weighted by molar-refractivity contribution is 8.26. The molecule has 8 heteroatoms. The number of nitrogens with zero attached hydrogens (tertiary/aromatic N) is 2. The molecule has 1 saturated heterocycles. The number of pyridine rings is 1. The van der Waals surface area contributed by atoms with Gasteiger partial charge in [-0.05, 0) is 35.4 Å². The van der Waals surface area contributed by atoms with Gasteiger partial charge in [0.25, 0.3) is 11.8 Å². The predicted molar refractivity (Wildman–Crippen MR) is 104 cm³/mol. The van der Waals surface area contributed by atoms with Crippen LogP contribution < -0.4 is 15.0 Å². The van der Waals surface area contributed by atoms with E-state index in [0.717, 1.165) is 11.1 Å². The van der Waals surface area contributed by atoms with Crippen LogP contribution in [0.15, 0.2) is 47.6 Å². The Kier molecular flexibility index (Phi) is 4.44. The number of ether oxygens (including phenoxy) is 1. The summed E-state index contributed by atoms with van der Waals surface area (Å²) in [5.41, 5.74) is 2.39. The summed E-state index contributed by atoms with van der Waals surface area (Å²) in [5, 5.41) is 2.59. The van der Waals surface area contributed by atoms with Crippen LogP contribution >= 0.6 is 24.0 Å². The molecule has 0 unspecified atom stereocenters. The Morgan fingerprint density at radius 2 is 2.23 bits per heavy atom. The molecule has 1 N–H and O–H groups in total. The molecule has 1 aromatic carbocycles. The average Bonchev–Trinajstić information content (AvgIpc) is 2.95. The van der Waals surface area contributed by atoms with Crippen LogP contribution in [0.4, 0.5) is 5.69 Å². The van der Waals surface area contributed by atoms with Crippen molar-refractivity contribution in [2.75, 3.05) is 11.5 Å². The van der Waals surface area contributed by atoms with Crippen LogP contribution in [0, 0.1) is 0 Å². The van der Waals surface area contributed by atoms with Crippen molar-refractivity contribution in [3.8, 4) is 5.75 Å². The normalized spacial score (nSPS) is 17.9. The fourth-order valence-electron chi connectivity index (χ4n) is 2.73. The molecule has 130 valence electrons. The lowest BCUT2D eigenvalue weighted by atomic mass is 10.1. The van der Waals surface area contributed by atoms with Crippen molar-refractivity contribution < 1.29 is 14.3 Å².